The van der Waals surface area contributed by atoms with Crippen LogP contribution in [0.5, 0.6) is 0 Å². The SMILES string of the molecule is CC(C)CNS(=O)(=O)c1c2c(cc3cnc(C4CC4)cc13)CCC2Br. The Morgan fingerprint density at radius 2 is 2.04 bits per heavy atom. The summed E-state index contributed by atoms with van der Waals surface area (Å²) in [4.78, 5) is 5.14. The molecule has 0 bridgehead atoms. The average Bonchev–Trinajstić information content (AvgIpc) is 3.35. The standard InChI is InChI=1S/C19H23BrN2O2S/c1-11(2)9-22-25(23,24)19-15-8-17(12-3-4-12)21-10-14(15)7-13-5-6-16(20)18(13)19/h7-8,10-12,16,22H,3-6,9H2,1-2H3. The summed E-state index contributed by atoms with van der Waals surface area (Å²) in [5.41, 5.74) is 3.09. The van der Waals surface area contributed by atoms with Gasteiger partial charge in [-0.25, -0.2) is 13.1 Å². The third kappa shape index (κ3) is 3.24. The van der Waals surface area contributed by atoms with Crippen molar-refractivity contribution < 1.29 is 8.42 Å². The number of sulfonamides is 1. The highest BCUT2D eigenvalue weighted by atomic mass is 79.9. The van der Waals surface area contributed by atoms with Gasteiger partial charge in [0.15, 0.2) is 0 Å². The lowest BCUT2D eigenvalue weighted by molar-refractivity contribution is 0.560. The summed E-state index contributed by atoms with van der Waals surface area (Å²) in [7, 11) is -3.57. The second kappa shape index (κ2) is 6.32. The van der Waals surface area contributed by atoms with E-state index in [1.165, 1.54) is 0 Å². The van der Waals surface area contributed by atoms with E-state index in [9.17, 15) is 8.42 Å². The van der Waals surface area contributed by atoms with Gasteiger partial charge in [0.2, 0.25) is 10.0 Å². The van der Waals surface area contributed by atoms with Gasteiger partial charge in [0.25, 0.3) is 0 Å². The number of hydrogen-bond acceptors (Lipinski definition) is 3. The molecule has 0 aliphatic heterocycles. The highest BCUT2D eigenvalue weighted by Crippen LogP contribution is 2.46. The molecule has 0 amide bonds. The fraction of sp³-hybridized carbons (Fsp3) is 0.526. The van der Waals surface area contributed by atoms with Crippen molar-refractivity contribution in [2.45, 2.75) is 55.2 Å². The Balaban J connectivity index is 1.95. The largest absolute Gasteiger partial charge is 0.260 e. The zero-order chi connectivity index (χ0) is 17.8. The zero-order valence-electron chi connectivity index (χ0n) is 14.5. The fourth-order valence-electron chi connectivity index (χ4n) is 3.57. The highest BCUT2D eigenvalue weighted by molar-refractivity contribution is 9.09. The Bertz CT molecular complexity index is 936. The molecular formula is C19H23BrN2O2S. The van der Waals surface area contributed by atoms with Crippen LogP contribution in [0.4, 0.5) is 0 Å². The molecule has 1 heterocycles. The molecule has 6 heteroatoms. The van der Waals surface area contributed by atoms with Gasteiger partial charge in [-0.1, -0.05) is 29.8 Å². The van der Waals surface area contributed by atoms with E-state index >= 15 is 0 Å². The van der Waals surface area contributed by atoms with Gasteiger partial charge in [0, 0.05) is 40.0 Å². The number of pyridine rings is 1. The molecule has 1 aromatic carbocycles. The molecule has 1 N–H and O–H groups in total. The number of rotatable bonds is 5. The highest BCUT2D eigenvalue weighted by Gasteiger charge is 2.33. The van der Waals surface area contributed by atoms with Gasteiger partial charge in [-0.3, -0.25) is 4.98 Å². The number of nitrogens with one attached hydrogen (secondary N) is 1. The van der Waals surface area contributed by atoms with E-state index in [2.05, 4.69) is 31.7 Å². The quantitative estimate of drug-likeness (QED) is 0.724. The predicted octanol–water partition coefficient (Wildman–Crippen LogP) is 4.43. The molecule has 1 fully saturated rings. The number of nitrogens with zero attached hydrogens (tertiary/aromatic N) is 1. The number of halogens is 1. The van der Waals surface area contributed by atoms with Crippen molar-refractivity contribution in [3.8, 4) is 0 Å². The normalized spacial score (nSPS) is 20.4. The van der Waals surface area contributed by atoms with Gasteiger partial charge in [0.1, 0.15) is 0 Å². The van der Waals surface area contributed by atoms with Gasteiger partial charge in [-0.15, -0.1) is 0 Å². The van der Waals surface area contributed by atoms with E-state index < -0.39 is 10.0 Å². The first kappa shape index (κ1) is 17.4. The number of benzene rings is 1. The molecule has 2 aromatic rings. The minimum Gasteiger partial charge on any atom is -0.260 e. The molecule has 0 saturated heterocycles. The first-order chi connectivity index (χ1) is 11.9. The van der Waals surface area contributed by atoms with Crippen LogP contribution in [0.1, 0.15) is 60.7 Å². The number of aryl methyl sites for hydroxylation is 1. The smallest absolute Gasteiger partial charge is 0.241 e. The molecule has 134 valence electrons. The second-order valence-corrected chi connectivity index (χ2v) is 10.4. The van der Waals surface area contributed by atoms with Crippen molar-refractivity contribution in [2.24, 2.45) is 5.92 Å². The minimum absolute atomic E-state index is 0.0927. The maximum absolute atomic E-state index is 13.2. The third-order valence-electron chi connectivity index (χ3n) is 5.05. The number of fused-ring (bicyclic) bond motifs is 2. The van der Waals surface area contributed by atoms with Crippen LogP contribution in [0.15, 0.2) is 23.2 Å². The first-order valence-electron chi connectivity index (χ1n) is 8.96. The summed E-state index contributed by atoms with van der Waals surface area (Å²) >= 11 is 3.70. The molecule has 2 aliphatic carbocycles. The van der Waals surface area contributed by atoms with E-state index in [0.717, 1.165) is 53.3 Å². The third-order valence-corrected chi connectivity index (χ3v) is 7.49. The molecule has 1 aromatic heterocycles. The van der Waals surface area contributed by atoms with Gasteiger partial charge in [0.05, 0.1) is 4.90 Å². The molecular weight excluding hydrogens is 400 g/mol. The van der Waals surface area contributed by atoms with Crippen LogP contribution in [0.25, 0.3) is 10.8 Å². The number of hydrogen-bond donors (Lipinski definition) is 1. The monoisotopic (exact) mass is 422 g/mol. The van der Waals surface area contributed by atoms with Gasteiger partial charge >= 0.3 is 0 Å². The van der Waals surface area contributed by atoms with Crippen molar-refractivity contribution in [1.82, 2.24) is 9.71 Å². The maximum Gasteiger partial charge on any atom is 0.241 e. The van der Waals surface area contributed by atoms with Crippen LogP contribution in [-0.2, 0) is 16.4 Å². The Morgan fingerprint density at radius 3 is 2.72 bits per heavy atom. The van der Waals surface area contributed by atoms with E-state index in [-0.39, 0.29) is 10.7 Å². The minimum atomic E-state index is -3.57. The van der Waals surface area contributed by atoms with E-state index in [1.807, 2.05) is 26.1 Å². The topological polar surface area (TPSA) is 59.1 Å². The number of alkyl halides is 1. The predicted molar refractivity (Wildman–Crippen MR) is 104 cm³/mol. The number of aromatic nitrogens is 1. The molecule has 25 heavy (non-hydrogen) atoms. The van der Waals surface area contributed by atoms with Gasteiger partial charge in [-0.05, 0) is 54.9 Å². The van der Waals surface area contributed by atoms with Crippen LogP contribution >= 0.6 is 15.9 Å². The Morgan fingerprint density at radius 1 is 1.28 bits per heavy atom. The van der Waals surface area contributed by atoms with Gasteiger partial charge < -0.3 is 0 Å². The molecule has 4 rings (SSSR count). The lowest BCUT2D eigenvalue weighted by Crippen LogP contribution is -2.28. The summed E-state index contributed by atoms with van der Waals surface area (Å²) < 4.78 is 29.2. The average molecular weight is 423 g/mol. The fourth-order valence-corrected chi connectivity index (χ4v) is 6.20. The molecule has 1 atom stereocenters. The van der Waals surface area contributed by atoms with E-state index in [0.29, 0.717) is 17.4 Å². The molecule has 2 aliphatic rings. The van der Waals surface area contributed by atoms with Crippen molar-refractivity contribution >= 4 is 36.7 Å². The molecule has 4 nitrogen and oxygen atoms in total. The molecule has 0 radical (unpaired) electrons. The van der Waals surface area contributed by atoms with Crippen LogP contribution < -0.4 is 4.72 Å². The summed E-state index contributed by atoms with van der Waals surface area (Å²) in [5, 5.41) is 1.74. The summed E-state index contributed by atoms with van der Waals surface area (Å²) in [6.45, 7) is 4.47. The van der Waals surface area contributed by atoms with Crippen molar-refractivity contribution in [3.05, 3.63) is 35.2 Å². The summed E-state index contributed by atoms with van der Waals surface area (Å²) in [6.07, 6.45) is 5.99. The first-order valence-corrected chi connectivity index (χ1v) is 11.4. The lowest BCUT2D eigenvalue weighted by Gasteiger charge is -2.17. The summed E-state index contributed by atoms with van der Waals surface area (Å²) in [5.74, 6) is 0.762. The van der Waals surface area contributed by atoms with E-state index in [1.54, 1.807) is 0 Å². The zero-order valence-corrected chi connectivity index (χ0v) is 17.0. The van der Waals surface area contributed by atoms with Crippen LogP contribution in [0, 0.1) is 5.92 Å². The Labute approximate surface area is 157 Å². The van der Waals surface area contributed by atoms with Gasteiger partial charge in [-0.2, -0.15) is 0 Å². The maximum atomic E-state index is 13.2. The van der Waals surface area contributed by atoms with Crippen molar-refractivity contribution in [2.75, 3.05) is 6.54 Å². The van der Waals surface area contributed by atoms with Crippen molar-refractivity contribution in [3.63, 3.8) is 0 Å². The van der Waals surface area contributed by atoms with Crippen molar-refractivity contribution in [1.29, 1.82) is 0 Å². The Kier molecular flexibility index (Phi) is 4.41. The molecule has 1 saturated carbocycles. The van der Waals surface area contributed by atoms with Crippen LogP contribution in [0.3, 0.4) is 0 Å². The lowest BCUT2D eigenvalue weighted by atomic mass is 10.0. The second-order valence-electron chi connectivity index (χ2n) is 7.64. The van der Waals surface area contributed by atoms with E-state index in [4.69, 9.17) is 0 Å². The van der Waals surface area contributed by atoms with Crippen LogP contribution in [-0.4, -0.2) is 19.9 Å². The van der Waals surface area contributed by atoms with Crippen LogP contribution in [0.2, 0.25) is 0 Å². The Hall–Kier alpha value is -0.980. The molecule has 1 unspecified atom stereocenters. The molecule has 0 spiro atoms. The summed E-state index contributed by atoms with van der Waals surface area (Å²) in [6, 6.07) is 4.13.